The summed E-state index contributed by atoms with van der Waals surface area (Å²) in [6.07, 6.45) is 2.05. The van der Waals surface area contributed by atoms with Gasteiger partial charge in [0, 0.05) is 12.6 Å². The second-order valence-electron chi connectivity index (χ2n) is 4.64. The van der Waals surface area contributed by atoms with E-state index in [-0.39, 0.29) is 23.6 Å². The summed E-state index contributed by atoms with van der Waals surface area (Å²) < 4.78 is 27.9. The first-order valence-electron chi connectivity index (χ1n) is 6.28. The summed E-state index contributed by atoms with van der Waals surface area (Å²) in [5, 5.41) is 2.76. The van der Waals surface area contributed by atoms with Crippen molar-refractivity contribution in [2.45, 2.75) is 25.9 Å². The lowest BCUT2D eigenvalue weighted by Gasteiger charge is -2.22. The van der Waals surface area contributed by atoms with Crippen molar-refractivity contribution in [1.82, 2.24) is 10.2 Å². The third-order valence-electron chi connectivity index (χ3n) is 3.16. The van der Waals surface area contributed by atoms with Gasteiger partial charge in [-0.1, -0.05) is 0 Å². The lowest BCUT2D eigenvalue weighted by atomic mass is 10.3. The van der Waals surface area contributed by atoms with Crippen LogP contribution in [0.5, 0.6) is 0 Å². The molecule has 1 aliphatic rings. The first-order chi connectivity index (χ1) is 9.00. The van der Waals surface area contributed by atoms with Crippen LogP contribution in [0.4, 0.5) is 4.79 Å². The molecule has 1 aromatic rings. The van der Waals surface area contributed by atoms with E-state index >= 15 is 0 Å². The van der Waals surface area contributed by atoms with E-state index in [0.717, 1.165) is 0 Å². The predicted octanol–water partition coefficient (Wildman–Crippen LogP) is 0.998. The highest BCUT2D eigenvalue weighted by Gasteiger charge is 2.29. The minimum absolute atomic E-state index is 0.0387. The number of rotatable bonds is 4. The molecule has 0 saturated carbocycles. The Bertz CT molecular complexity index is 524. The molecule has 2 rings (SSSR count). The minimum atomic E-state index is -2.98. The molecule has 1 aromatic heterocycles. The monoisotopic (exact) mass is 286 g/mol. The molecule has 106 valence electrons. The molecule has 1 saturated heterocycles. The standard InChI is InChI=1S/C12H18N2O4S/c1-2-14(8-11-4-3-6-18-11)12(15)13-10-5-7-19(16,17)9-10/h3-4,6,10H,2,5,7-9H2,1H3,(H,13,15)/t10-/m1/s1. The molecular weight excluding hydrogens is 268 g/mol. The van der Waals surface area contributed by atoms with Crippen molar-refractivity contribution < 1.29 is 17.6 Å². The number of nitrogens with one attached hydrogen (secondary N) is 1. The van der Waals surface area contributed by atoms with Crippen molar-refractivity contribution in [1.29, 1.82) is 0 Å². The molecule has 0 radical (unpaired) electrons. The lowest BCUT2D eigenvalue weighted by Crippen LogP contribution is -2.44. The number of nitrogens with zero attached hydrogens (tertiary/aromatic N) is 1. The molecule has 1 fully saturated rings. The second kappa shape index (κ2) is 5.64. The van der Waals surface area contributed by atoms with E-state index in [4.69, 9.17) is 4.42 Å². The fourth-order valence-corrected chi connectivity index (χ4v) is 3.77. The van der Waals surface area contributed by atoms with Crippen LogP contribution in [0, 0.1) is 0 Å². The van der Waals surface area contributed by atoms with Crippen LogP contribution in [0.3, 0.4) is 0 Å². The number of carbonyl (C=O) groups is 1. The van der Waals surface area contributed by atoms with E-state index in [1.54, 1.807) is 23.3 Å². The molecule has 0 spiro atoms. The van der Waals surface area contributed by atoms with Gasteiger partial charge in [0.25, 0.3) is 0 Å². The van der Waals surface area contributed by atoms with E-state index in [0.29, 0.717) is 25.3 Å². The number of furan rings is 1. The summed E-state index contributed by atoms with van der Waals surface area (Å²) in [6.45, 7) is 2.79. The van der Waals surface area contributed by atoms with Crippen molar-refractivity contribution in [2.24, 2.45) is 0 Å². The molecule has 19 heavy (non-hydrogen) atoms. The highest BCUT2D eigenvalue weighted by molar-refractivity contribution is 7.91. The van der Waals surface area contributed by atoms with E-state index < -0.39 is 9.84 Å². The van der Waals surface area contributed by atoms with E-state index in [9.17, 15) is 13.2 Å². The fourth-order valence-electron chi connectivity index (χ4n) is 2.09. The van der Waals surface area contributed by atoms with Crippen LogP contribution in [0.15, 0.2) is 22.8 Å². The van der Waals surface area contributed by atoms with Crippen molar-refractivity contribution in [3.63, 3.8) is 0 Å². The zero-order chi connectivity index (χ0) is 13.9. The van der Waals surface area contributed by atoms with E-state index in [1.165, 1.54) is 0 Å². The Hall–Kier alpha value is -1.50. The zero-order valence-electron chi connectivity index (χ0n) is 10.8. The van der Waals surface area contributed by atoms with Gasteiger partial charge < -0.3 is 14.6 Å². The Morgan fingerprint density at radius 2 is 2.37 bits per heavy atom. The Labute approximate surface area is 112 Å². The van der Waals surface area contributed by atoms with Gasteiger partial charge >= 0.3 is 6.03 Å². The van der Waals surface area contributed by atoms with Gasteiger partial charge in [0.05, 0.1) is 24.3 Å². The molecular formula is C12H18N2O4S. The third kappa shape index (κ3) is 3.73. The number of hydrogen-bond donors (Lipinski definition) is 1. The SMILES string of the molecule is CCN(Cc1ccco1)C(=O)N[C@@H]1CCS(=O)(=O)C1. The Morgan fingerprint density at radius 3 is 2.89 bits per heavy atom. The molecule has 1 N–H and O–H groups in total. The molecule has 0 aliphatic carbocycles. The third-order valence-corrected chi connectivity index (χ3v) is 4.92. The topological polar surface area (TPSA) is 79.6 Å². The molecule has 2 amide bonds. The molecule has 6 nitrogen and oxygen atoms in total. The van der Waals surface area contributed by atoms with Crippen molar-refractivity contribution in [2.75, 3.05) is 18.1 Å². The number of urea groups is 1. The highest BCUT2D eigenvalue weighted by Crippen LogP contribution is 2.12. The molecule has 7 heteroatoms. The molecule has 0 aromatic carbocycles. The fraction of sp³-hybridized carbons (Fsp3) is 0.583. The Balaban J connectivity index is 1.90. The van der Waals surface area contributed by atoms with Gasteiger partial charge in [-0.3, -0.25) is 0 Å². The number of hydrogen-bond acceptors (Lipinski definition) is 4. The van der Waals surface area contributed by atoms with Gasteiger partial charge in [0.15, 0.2) is 9.84 Å². The average Bonchev–Trinajstić information content (AvgIpc) is 2.95. The molecule has 0 unspecified atom stereocenters. The summed E-state index contributed by atoms with van der Waals surface area (Å²) in [7, 11) is -2.98. The highest BCUT2D eigenvalue weighted by atomic mass is 32.2. The van der Waals surface area contributed by atoms with Gasteiger partial charge in [-0.2, -0.15) is 0 Å². The predicted molar refractivity (Wildman–Crippen MR) is 70.4 cm³/mol. The van der Waals surface area contributed by atoms with Crippen LogP contribution < -0.4 is 5.32 Å². The van der Waals surface area contributed by atoms with E-state index in [2.05, 4.69) is 5.32 Å². The van der Waals surface area contributed by atoms with Crippen LogP contribution in [-0.4, -0.2) is 43.4 Å². The summed E-state index contributed by atoms with van der Waals surface area (Å²) in [4.78, 5) is 13.6. The maximum atomic E-state index is 12.0. The van der Waals surface area contributed by atoms with Crippen LogP contribution in [0.25, 0.3) is 0 Å². The van der Waals surface area contributed by atoms with Crippen LogP contribution in [-0.2, 0) is 16.4 Å². The summed E-state index contributed by atoms with van der Waals surface area (Å²) in [5.41, 5.74) is 0. The largest absolute Gasteiger partial charge is 0.467 e. The van der Waals surface area contributed by atoms with Gasteiger partial charge in [0.1, 0.15) is 5.76 Å². The van der Waals surface area contributed by atoms with Crippen molar-refractivity contribution in [3.05, 3.63) is 24.2 Å². The summed E-state index contributed by atoms with van der Waals surface area (Å²) >= 11 is 0. The van der Waals surface area contributed by atoms with E-state index in [1.807, 2.05) is 6.92 Å². The minimum Gasteiger partial charge on any atom is -0.467 e. The number of carbonyl (C=O) groups excluding carboxylic acids is 1. The van der Waals surface area contributed by atoms with Crippen LogP contribution in [0.2, 0.25) is 0 Å². The maximum Gasteiger partial charge on any atom is 0.318 e. The van der Waals surface area contributed by atoms with Gasteiger partial charge in [-0.05, 0) is 25.5 Å². The molecule has 0 bridgehead atoms. The van der Waals surface area contributed by atoms with Gasteiger partial charge in [-0.25, -0.2) is 13.2 Å². The van der Waals surface area contributed by atoms with Gasteiger partial charge in [0.2, 0.25) is 0 Å². The number of sulfone groups is 1. The van der Waals surface area contributed by atoms with Crippen LogP contribution in [0.1, 0.15) is 19.1 Å². The first-order valence-corrected chi connectivity index (χ1v) is 8.10. The molecule has 2 heterocycles. The Morgan fingerprint density at radius 1 is 1.58 bits per heavy atom. The summed E-state index contributed by atoms with van der Waals surface area (Å²) in [5.74, 6) is 0.898. The number of amides is 2. The molecule has 1 aliphatic heterocycles. The second-order valence-corrected chi connectivity index (χ2v) is 6.87. The van der Waals surface area contributed by atoms with Gasteiger partial charge in [-0.15, -0.1) is 0 Å². The average molecular weight is 286 g/mol. The first kappa shape index (κ1) is 13.9. The lowest BCUT2D eigenvalue weighted by molar-refractivity contribution is 0.190. The molecule has 1 atom stereocenters. The van der Waals surface area contributed by atoms with Crippen molar-refractivity contribution >= 4 is 15.9 Å². The smallest absolute Gasteiger partial charge is 0.318 e. The van der Waals surface area contributed by atoms with Crippen molar-refractivity contribution in [3.8, 4) is 0 Å². The normalized spacial score (nSPS) is 21.2. The maximum absolute atomic E-state index is 12.0. The zero-order valence-corrected chi connectivity index (χ0v) is 11.6. The quantitative estimate of drug-likeness (QED) is 0.895. The summed E-state index contributed by atoms with van der Waals surface area (Å²) in [6, 6.07) is 3.05. The van der Waals surface area contributed by atoms with Crippen LogP contribution >= 0.6 is 0 Å². The Kier molecular flexibility index (Phi) is 4.14.